The highest BCUT2D eigenvalue weighted by Gasteiger charge is 2.10. The standard InChI is InChI=1S/C11H10BrNO3/c12-10(14)7-16-11(15)13-6-5-8-3-1-2-4-9(8)13/h1-6,10,14H,7H2. The van der Waals surface area contributed by atoms with Crippen molar-refractivity contribution in [2.45, 2.75) is 5.01 Å². The van der Waals surface area contributed by atoms with Gasteiger partial charge in [0.25, 0.3) is 0 Å². The first-order chi connectivity index (χ1) is 7.68. The highest BCUT2D eigenvalue weighted by Crippen LogP contribution is 2.15. The van der Waals surface area contributed by atoms with Crippen molar-refractivity contribution in [2.75, 3.05) is 6.61 Å². The van der Waals surface area contributed by atoms with E-state index in [4.69, 9.17) is 9.84 Å². The summed E-state index contributed by atoms with van der Waals surface area (Å²) >= 11 is 2.88. The number of para-hydroxylation sites is 1. The maximum Gasteiger partial charge on any atom is 0.418 e. The number of carbonyl (C=O) groups is 1. The maximum atomic E-state index is 11.6. The predicted octanol–water partition coefficient (Wildman–Crippen LogP) is 2.34. The van der Waals surface area contributed by atoms with Crippen molar-refractivity contribution in [3.05, 3.63) is 36.5 Å². The van der Waals surface area contributed by atoms with E-state index >= 15 is 0 Å². The van der Waals surface area contributed by atoms with Crippen molar-refractivity contribution in [1.29, 1.82) is 0 Å². The predicted molar refractivity (Wildman–Crippen MR) is 63.6 cm³/mol. The number of nitrogens with zero attached hydrogens (tertiary/aromatic N) is 1. The molecule has 0 fully saturated rings. The van der Waals surface area contributed by atoms with E-state index < -0.39 is 11.1 Å². The average molecular weight is 284 g/mol. The summed E-state index contributed by atoms with van der Waals surface area (Å²) in [6, 6.07) is 9.34. The molecule has 1 N–H and O–H groups in total. The molecule has 0 bridgehead atoms. The smallest absolute Gasteiger partial charge is 0.418 e. The second-order valence-electron chi connectivity index (χ2n) is 3.26. The number of carbonyl (C=O) groups excluding carboxylic acids is 1. The molecule has 0 saturated carbocycles. The summed E-state index contributed by atoms with van der Waals surface area (Å²) in [6.07, 6.45) is 1.15. The summed E-state index contributed by atoms with van der Waals surface area (Å²) in [5, 5.41) is 9.08. The van der Waals surface area contributed by atoms with Crippen molar-refractivity contribution < 1.29 is 14.6 Å². The SMILES string of the molecule is O=C(OCC(O)Br)n1ccc2ccccc21. The highest BCUT2D eigenvalue weighted by atomic mass is 79.9. The molecule has 1 aromatic carbocycles. The summed E-state index contributed by atoms with van der Waals surface area (Å²) < 4.78 is 6.29. The summed E-state index contributed by atoms with van der Waals surface area (Å²) in [5.74, 6) is 0. The van der Waals surface area contributed by atoms with E-state index in [0.717, 1.165) is 10.9 Å². The number of halogens is 1. The monoisotopic (exact) mass is 283 g/mol. The number of hydrogen-bond donors (Lipinski definition) is 1. The average Bonchev–Trinajstić information content (AvgIpc) is 2.69. The van der Waals surface area contributed by atoms with Gasteiger partial charge in [-0.3, -0.25) is 4.57 Å². The second kappa shape index (κ2) is 4.67. The van der Waals surface area contributed by atoms with Crippen LogP contribution < -0.4 is 0 Å². The Labute approximate surface area is 101 Å². The normalized spacial score (nSPS) is 12.6. The van der Waals surface area contributed by atoms with Crippen molar-refractivity contribution in [1.82, 2.24) is 4.57 Å². The molecule has 84 valence electrons. The first kappa shape index (κ1) is 11.2. The van der Waals surface area contributed by atoms with Gasteiger partial charge in [0.2, 0.25) is 0 Å². The van der Waals surface area contributed by atoms with E-state index in [1.165, 1.54) is 4.57 Å². The molecule has 0 saturated heterocycles. The van der Waals surface area contributed by atoms with E-state index in [0.29, 0.717) is 0 Å². The summed E-state index contributed by atoms with van der Waals surface area (Å²) in [6.45, 7) is -0.0780. The Kier molecular flexibility index (Phi) is 3.26. The fourth-order valence-electron chi connectivity index (χ4n) is 1.45. The van der Waals surface area contributed by atoms with Crippen LogP contribution in [0.25, 0.3) is 10.9 Å². The molecule has 0 aliphatic carbocycles. The first-order valence-corrected chi connectivity index (χ1v) is 5.65. The van der Waals surface area contributed by atoms with E-state index in [1.807, 2.05) is 30.3 Å². The number of aliphatic hydroxyl groups excluding tert-OH is 1. The van der Waals surface area contributed by atoms with Crippen LogP contribution in [0.2, 0.25) is 0 Å². The van der Waals surface area contributed by atoms with Crippen molar-refractivity contribution >= 4 is 32.9 Å². The lowest BCUT2D eigenvalue weighted by Crippen LogP contribution is -2.17. The van der Waals surface area contributed by atoms with Gasteiger partial charge in [0.05, 0.1) is 5.52 Å². The molecule has 4 nitrogen and oxygen atoms in total. The first-order valence-electron chi connectivity index (χ1n) is 4.74. The largest absolute Gasteiger partial charge is 0.445 e. The minimum Gasteiger partial charge on any atom is -0.445 e. The van der Waals surface area contributed by atoms with E-state index in [2.05, 4.69) is 15.9 Å². The third-order valence-corrected chi connectivity index (χ3v) is 2.40. The zero-order valence-electron chi connectivity index (χ0n) is 8.34. The van der Waals surface area contributed by atoms with Gasteiger partial charge in [0, 0.05) is 11.6 Å². The van der Waals surface area contributed by atoms with Crippen LogP contribution in [0.1, 0.15) is 0 Å². The van der Waals surface area contributed by atoms with Crippen LogP contribution in [0.15, 0.2) is 36.5 Å². The Morgan fingerprint density at radius 2 is 2.19 bits per heavy atom. The molecule has 1 unspecified atom stereocenters. The minimum atomic E-state index is -0.835. The number of benzene rings is 1. The number of aromatic nitrogens is 1. The quantitative estimate of drug-likeness (QED) is 0.861. The van der Waals surface area contributed by atoms with Crippen LogP contribution >= 0.6 is 15.9 Å². The number of aliphatic hydroxyl groups is 1. The lowest BCUT2D eigenvalue weighted by molar-refractivity contribution is 0.111. The van der Waals surface area contributed by atoms with Gasteiger partial charge >= 0.3 is 6.09 Å². The van der Waals surface area contributed by atoms with Gasteiger partial charge in [-0.1, -0.05) is 34.1 Å². The van der Waals surface area contributed by atoms with E-state index in [-0.39, 0.29) is 6.61 Å². The van der Waals surface area contributed by atoms with Gasteiger partial charge in [0.1, 0.15) is 11.6 Å². The molecule has 0 spiro atoms. The van der Waals surface area contributed by atoms with Crippen LogP contribution in [0.3, 0.4) is 0 Å². The molecule has 0 radical (unpaired) electrons. The molecule has 1 heterocycles. The van der Waals surface area contributed by atoms with Crippen LogP contribution in [0, 0.1) is 0 Å². The molecule has 0 aliphatic heterocycles. The molecule has 0 aliphatic rings. The van der Waals surface area contributed by atoms with Crippen LogP contribution in [-0.2, 0) is 4.74 Å². The highest BCUT2D eigenvalue weighted by molar-refractivity contribution is 9.09. The second-order valence-corrected chi connectivity index (χ2v) is 4.31. The molecular formula is C11H10BrNO3. The van der Waals surface area contributed by atoms with E-state index in [9.17, 15) is 4.79 Å². The van der Waals surface area contributed by atoms with Crippen molar-refractivity contribution in [3.63, 3.8) is 0 Å². The summed E-state index contributed by atoms with van der Waals surface area (Å²) in [4.78, 5) is 11.6. The fraction of sp³-hybridized carbons (Fsp3) is 0.182. The number of rotatable bonds is 2. The lowest BCUT2D eigenvalue weighted by atomic mass is 10.2. The summed E-state index contributed by atoms with van der Waals surface area (Å²) in [5.41, 5.74) is 0.788. The zero-order chi connectivity index (χ0) is 11.5. The maximum absolute atomic E-state index is 11.6. The zero-order valence-corrected chi connectivity index (χ0v) is 9.92. The molecular weight excluding hydrogens is 274 g/mol. The lowest BCUT2D eigenvalue weighted by Gasteiger charge is -2.06. The van der Waals surface area contributed by atoms with Gasteiger partial charge in [0.15, 0.2) is 0 Å². The van der Waals surface area contributed by atoms with Crippen LogP contribution in [0.5, 0.6) is 0 Å². The number of alkyl halides is 1. The summed E-state index contributed by atoms with van der Waals surface area (Å²) in [7, 11) is 0. The molecule has 5 heteroatoms. The van der Waals surface area contributed by atoms with E-state index in [1.54, 1.807) is 6.20 Å². The Hall–Kier alpha value is -1.33. The third-order valence-electron chi connectivity index (χ3n) is 2.14. The van der Waals surface area contributed by atoms with Gasteiger partial charge in [-0.05, 0) is 12.1 Å². The van der Waals surface area contributed by atoms with Crippen LogP contribution in [0.4, 0.5) is 4.79 Å². The number of hydrogen-bond acceptors (Lipinski definition) is 3. The Bertz CT molecular complexity index is 507. The van der Waals surface area contributed by atoms with Gasteiger partial charge in [-0.25, -0.2) is 4.79 Å². The minimum absolute atomic E-state index is 0.0780. The Balaban J connectivity index is 2.23. The molecule has 1 atom stereocenters. The van der Waals surface area contributed by atoms with Gasteiger partial charge in [-0.15, -0.1) is 0 Å². The molecule has 0 amide bonds. The molecule has 2 aromatic rings. The molecule has 2 rings (SSSR count). The Morgan fingerprint density at radius 1 is 1.44 bits per heavy atom. The van der Waals surface area contributed by atoms with Crippen molar-refractivity contribution in [3.8, 4) is 0 Å². The Morgan fingerprint density at radius 3 is 2.94 bits per heavy atom. The molecule has 16 heavy (non-hydrogen) atoms. The topological polar surface area (TPSA) is 51.5 Å². The van der Waals surface area contributed by atoms with Crippen LogP contribution in [-0.4, -0.2) is 27.4 Å². The van der Waals surface area contributed by atoms with Crippen molar-refractivity contribution in [2.24, 2.45) is 0 Å². The molecule has 1 aromatic heterocycles. The fourth-order valence-corrected chi connectivity index (χ4v) is 1.58. The van der Waals surface area contributed by atoms with Gasteiger partial charge < -0.3 is 9.84 Å². The number of ether oxygens (including phenoxy) is 1. The number of fused-ring (bicyclic) bond motifs is 1. The third kappa shape index (κ3) is 2.25. The van der Waals surface area contributed by atoms with Gasteiger partial charge in [-0.2, -0.15) is 0 Å².